The molecule has 0 spiro atoms. The van der Waals surface area contributed by atoms with Crippen LogP contribution in [0.1, 0.15) is 31.5 Å². The Bertz CT molecular complexity index is 396. The molecule has 0 saturated carbocycles. The van der Waals surface area contributed by atoms with Gasteiger partial charge in [0, 0.05) is 31.9 Å². The molecule has 2 N–H and O–H groups in total. The third-order valence-corrected chi connectivity index (χ3v) is 3.84. The van der Waals surface area contributed by atoms with E-state index in [2.05, 4.69) is 15.6 Å². The van der Waals surface area contributed by atoms with Crippen molar-refractivity contribution in [1.82, 2.24) is 20.2 Å². The number of hydrogen-bond acceptors (Lipinski definition) is 3. The molecular formula is C14H24N4O. The van der Waals surface area contributed by atoms with Crippen molar-refractivity contribution in [1.29, 1.82) is 0 Å². The largest absolute Gasteiger partial charge is 0.354 e. The summed E-state index contributed by atoms with van der Waals surface area (Å²) < 4.78 is 2.05. The van der Waals surface area contributed by atoms with Crippen molar-refractivity contribution in [2.45, 2.75) is 39.2 Å². The average molecular weight is 264 g/mol. The topological polar surface area (TPSA) is 59.0 Å². The Morgan fingerprint density at radius 2 is 2.32 bits per heavy atom. The molecule has 1 aliphatic rings. The normalized spacial score (nSPS) is 16.5. The van der Waals surface area contributed by atoms with E-state index in [4.69, 9.17) is 0 Å². The molecule has 0 aromatic carbocycles. The zero-order valence-electron chi connectivity index (χ0n) is 11.7. The first-order chi connectivity index (χ1) is 9.25. The second-order valence-electron chi connectivity index (χ2n) is 5.25. The first-order valence-corrected chi connectivity index (χ1v) is 7.21. The molecule has 1 aromatic rings. The van der Waals surface area contributed by atoms with Crippen LogP contribution in [0.2, 0.25) is 0 Å². The van der Waals surface area contributed by atoms with Gasteiger partial charge in [0.2, 0.25) is 5.91 Å². The maximum Gasteiger partial charge on any atom is 0.220 e. The smallest absolute Gasteiger partial charge is 0.220 e. The second kappa shape index (κ2) is 7.28. The number of nitrogens with zero attached hydrogens (tertiary/aromatic N) is 2. The Kier molecular flexibility index (Phi) is 5.39. The van der Waals surface area contributed by atoms with Crippen LogP contribution in [-0.4, -0.2) is 35.1 Å². The third-order valence-electron chi connectivity index (χ3n) is 3.84. The number of carbonyl (C=O) groups is 1. The van der Waals surface area contributed by atoms with Gasteiger partial charge in [0.25, 0.3) is 0 Å². The number of amides is 1. The summed E-state index contributed by atoms with van der Waals surface area (Å²) in [6, 6.07) is 0. The van der Waals surface area contributed by atoms with Crippen LogP contribution in [0.25, 0.3) is 0 Å². The molecule has 19 heavy (non-hydrogen) atoms. The molecule has 2 rings (SSSR count). The molecule has 1 saturated heterocycles. The third kappa shape index (κ3) is 4.67. The summed E-state index contributed by atoms with van der Waals surface area (Å²) >= 11 is 0. The Balaban J connectivity index is 1.58. The van der Waals surface area contributed by atoms with E-state index >= 15 is 0 Å². The van der Waals surface area contributed by atoms with Gasteiger partial charge in [-0.15, -0.1) is 0 Å². The molecule has 106 valence electrons. The number of nitrogens with one attached hydrogen (secondary N) is 2. The van der Waals surface area contributed by atoms with E-state index in [1.165, 1.54) is 12.8 Å². The molecule has 0 bridgehead atoms. The van der Waals surface area contributed by atoms with Crippen LogP contribution in [0, 0.1) is 12.8 Å². The number of aryl methyl sites for hydroxylation is 1. The van der Waals surface area contributed by atoms with Crippen LogP contribution in [0.4, 0.5) is 0 Å². The lowest BCUT2D eigenvalue weighted by Gasteiger charge is -2.22. The number of aromatic nitrogens is 2. The lowest BCUT2D eigenvalue weighted by Crippen LogP contribution is -2.30. The van der Waals surface area contributed by atoms with Gasteiger partial charge >= 0.3 is 0 Å². The number of rotatable bonds is 6. The first kappa shape index (κ1) is 14.1. The highest BCUT2D eigenvalue weighted by molar-refractivity contribution is 5.75. The zero-order valence-corrected chi connectivity index (χ0v) is 11.7. The number of carbonyl (C=O) groups excluding carboxylic acids is 1. The summed E-state index contributed by atoms with van der Waals surface area (Å²) in [5.41, 5.74) is 0. The Labute approximate surface area is 114 Å². The van der Waals surface area contributed by atoms with Crippen LogP contribution in [-0.2, 0) is 11.3 Å². The van der Waals surface area contributed by atoms with E-state index in [1.807, 2.05) is 17.7 Å². The molecule has 2 heterocycles. The van der Waals surface area contributed by atoms with Gasteiger partial charge in [-0.3, -0.25) is 4.79 Å². The van der Waals surface area contributed by atoms with Crippen molar-refractivity contribution in [3.63, 3.8) is 0 Å². The zero-order chi connectivity index (χ0) is 13.5. The molecule has 0 aliphatic carbocycles. The van der Waals surface area contributed by atoms with Gasteiger partial charge in [-0.1, -0.05) is 0 Å². The standard InChI is InChI=1S/C14H24N4O/c1-12-16-8-10-18(12)11-9-17-14(19)3-2-13-4-6-15-7-5-13/h8,10,13,15H,2-7,9,11H2,1H3,(H,17,19). The number of hydrogen-bond donors (Lipinski definition) is 2. The Morgan fingerprint density at radius 3 is 3.00 bits per heavy atom. The van der Waals surface area contributed by atoms with Gasteiger partial charge in [-0.05, 0) is 45.2 Å². The summed E-state index contributed by atoms with van der Waals surface area (Å²) in [6.45, 7) is 5.66. The highest BCUT2D eigenvalue weighted by Crippen LogP contribution is 2.17. The molecule has 1 amide bonds. The minimum atomic E-state index is 0.177. The van der Waals surface area contributed by atoms with Crippen molar-refractivity contribution in [2.75, 3.05) is 19.6 Å². The van der Waals surface area contributed by atoms with Gasteiger partial charge in [0.05, 0.1) is 0 Å². The van der Waals surface area contributed by atoms with Crippen LogP contribution in [0.3, 0.4) is 0 Å². The SMILES string of the molecule is Cc1nccn1CCNC(=O)CCC1CCNCC1. The van der Waals surface area contributed by atoms with Gasteiger partial charge in [-0.25, -0.2) is 4.98 Å². The molecule has 1 aliphatic heterocycles. The predicted molar refractivity (Wildman–Crippen MR) is 74.8 cm³/mol. The highest BCUT2D eigenvalue weighted by Gasteiger charge is 2.14. The van der Waals surface area contributed by atoms with Crippen molar-refractivity contribution in [3.05, 3.63) is 18.2 Å². The highest BCUT2D eigenvalue weighted by atomic mass is 16.1. The minimum Gasteiger partial charge on any atom is -0.354 e. The first-order valence-electron chi connectivity index (χ1n) is 7.21. The summed E-state index contributed by atoms with van der Waals surface area (Å²) in [5, 5.41) is 6.33. The summed E-state index contributed by atoms with van der Waals surface area (Å²) in [4.78, 5) is 15.9. The summed E-state index contributed by atoms with van der Waals surface area (Å²) in [5.74, 6) is 1.89. The van der Waals surface area contributed by atoms with E-state index < -0.39 is 0 Å². The molecule has 1 fully saturated rings. The fraction of sp³-hybridized carbons (Fsp3) is 0.714. The maximum atomic E-state index is 11.7. The lowest BCUT2D eigenvalue weighted by atomic mass is 9.93. The van der Waals surface area contributed by atoms with Crippen LogP contribution in [0.5, 0.6) is 0 Å². The van der Waals surface area contributed by atoms with E-state index in [9.17, 15) is 4.79 Å². The van der Waals surface area contributed by atoms with Crippen LogP contribution >= 0.6 is 0 Å². The quantitative estimate of drug-likeness (QED) is 0.808. The summed E-state index contributed by atoms with van der Waals surface area (Å²) in [6.07, 6.45) is 7.83. The van der Waals surface area contributed by atoms with Gasteiger partial charge in [0.1, 0.15) is 5.82 Å². The maximum absolute atomic E-state index is 11.7. The van der Waals surface area contributed by atoms with Gasteiger partial charge in [-0.2, -0.15) is 0 Å². The average Bonchev–Trinajstić information content (AvgIpc) is 2.83. The Morgan fingerprint density at radius 1 is 1.53 bits per heavy atom. The minimum absolute atomic E-state index is 0.177. The van der Waals surface area contributed by atoms with Crippen LogP contribution < -0.4 is 10.6 Å². The van der Waals surface area contributed by atoms with Crippen LogP contribution in [0.15, 0.2) is 12.4 Å². The van der Waals surface area contributed by atoms with E-state index in [0.717, 1.165) is 37.8 Å². The van der Waals surface area contributed by atoms with E-state index in [0.29, 0.717) is 13.0 Å². The Hall–Kier alpha value is -1.36. The van der Waals surface area contributed by atoms with Crippen molar-refractivity contribution < 1.29 is 4.79 Å². The lowest BCUT2D eigenvalue weighted by molar-refractivity contribution is -0.121. The van der Waals surface area contributed by atoms with Crippen molar-refractivity contribution in [2.24, 2.45) is 5.92 Å². The summed E-state index contributed by atoms with van der Waals surface area (Å²) in [7, 11) is 0. The molecule has 0 unspecified atom stereocenters. The molecule has 0 radical (unpaired) electrons. The predicted octanol–water partition coefficient (Wildman–Crippen LogP) is 1.09. The molecule has 5 heteroatoms. The van der Waals surface area contributed by atoms with E-state index in [1.54, 1.807) is 6.20 Å². The molecule has 5 nitrogen and oxygen atoms in total. The van der Waals surface area contributed by atoms with Gasteiger partial charge in [0.15, 0.2) is 0 Å². The fourth-order valence-electron chi connectivity index (χ4n) is 2.55. The van der Waals surface area contributed by atoms with Gasteiger partial charge < -0.3 is 15.2 Å². The van der Waals surface area contributed by atoms with E-state index in [-0.39, 0.29) is 5.91 Å². The second-order valence-corrected chi connectivity index (χ2v) is 5.25. The van der Waals surface area contributed by atoms with Crippen molar-refractivity contribution in [3.8, 4) is 0 Å². The number of piperidine rings is 1. The number of imidazole rings is 1. The molecule has 1 aromatic heterocycles. The van der Waals surface area contributed by atoms with Crippen molar-refractivity contribution >= 4 is 5.91 Å². The molecular weight excluding hydrogens is 240 g/mol. The fourth-order valence-corrected chi connectivity index (χ4v) is 2.55. The monoisotopic (exact) mass is 264 g/mol. The molecule has 0 atom stereocenters.